The summed E-state index contributed by atoms with van der Waals surface area (Å²) in [6.45, 7) is 2.13. The molecule has 0 aliphatic heterocycles. The van der Waals surface area contributed by atoms with Crippen LogP contribution in [-0.2, 0) is 6.42 Å². The Morgan fingerprint density at radius 1 is 0.821 bits per heavy atom. The first kappa shape index (κ1) is 17.0. The first-order valence-corrected chi connectivity index (χ1v) is 10.1. The highest BCUT2D eigenvalue weighted by Gasteiger charge is 2.16. The van der Waals surface area contributed by atoms with Gasteiger partial charge in [-0.1, -0.05) is 31.2 Å². The number of thiophene rings is 1. The molecule has 5 aromatic rings. The summed E-state index contributed by atoms with van der Waals surface area (Å²) in [5.74, 6) is -0.256. The second-order valence-electron chi connectivity index (χ2n) is 6.75. The third kappa shape index (κ3) is 2.96. The maximum absolute atomic E-state index is 13.5. The average Bonchev–Trinajstić information content (AvgIpc) is 3.17. The zero-order valence-electron chi connectivity index (χ0n) is 15.3. The summed E-state index contributed by atoms with van der Waals surface area (Å²) in [5.41, 5.74) is 5.46. The molecule has 2 nitrogen and oxygen atoms in total. The summed E-state index contributed by atoms with van der Waals surface area (Å²) in [5, 5.41) is 1.19. The quantitative estimate of drug-likeness (QED) is 0.339. The maximum atomic E-state index is 13.5. The van der Waals surface area contributed by atoms with Crippen LogP contribution in [0.25, 0.3) is 42.9 Å². The maximum Gasteiger partial charge on any atom is 0.123 e. The number of hydrogen-bond acceptors (Lipinski definition) is 3. The van der Waals surface area contributed by atoms with Gasteiger partial charge < -0.3 is 0 Å². The van der Waals surface area contributed by atoms with Crippen molar-refractivity contribution in [3.63, 3.8) is 0 Å². The zero-order chi connectivity index (χ0) is 19.1. The van der Waals surface area contributed by atoms with Gasteiger partial charge >= 0.3 is 0 Å². The fourth-order valence-corrected chi connectivity index (χ4v) is 4.45. The molecule has 0 bridgehead atoms. The van der Waals surface area contributed by atoms with E-state index in [2.05, 4.69) is 37.3 Å². The molecular formula is C24H17FN2S. The van der Waals surface area contributed by atoms with E-state index < -0.39 is 0 Å². The van der Waals surface area contributed by atoms with Crippen LogP contribution in [0.2, 0.25) is 0 Å². The van der Waals surface area contributed by atoms with E-state index in [1.54, 1.807) is 23.5 Å². The molecule has 0 radical (unpaired) electrons. The lowest BCUT2D eigenvalue weighted by atomic mass is 10.1. The molecule has 2 aromatic heterocycles. The Hall–Kier alpha value is -3.11. The highest BCUT2D eigenvalue weighted by molar-refractivity contribution is 7.22. The van der Waals surface area contributed by atoms with Gasteiger partial charge in [0.05, 0.1) is 21.6 Å². The molecular weight excluding hydrogens is 367 g/mol. The molecule has 2 heterocycles. The number of halogens is 1. The number of benzene rings is 3. The van der Waals surface area contributed by atoms with Crippen LogP contribution in [-0.4, -0.2) is 9.97 Å². The van der Waals surface area contributed by atoms with Gasteiger partial charge in [0.1, 0.15) is 11.5 Å². The van der Waals surface area contributed by atoms with E-state index in [1.165, 1.54) is 27.8 Å². The van der Waals surface area contributed by atoms with E-state index in [1.807, 2.05) is 18.2 Å². The number of aryl methyl sites for hydroxylation is 1. The highest BCUT2D eigenvalue weighted by Crippen LogP contribution is 2.38. The monoisotopic (exact) mass is 384 g/mol. The van der Waals surface area contributed by atoms with E-state index in [0.717, 1.165) is 39.3 Å². The van der Waals surface area contributed by atoms with Gasteiger partial charge in [-0.3, -0.25) is 0 Å². The molecule has 0 amide bonds. The Morgan fingerprint density at radius 3 is 2.39 bits per heavy atom. The number of hydrogen-bond donors (Lipinski definition) is 0. The summed E-state index contributed by atoms with van der Waals surface area (Å²) >= 11 is 1.70. The minimum absolute atomic E-state index is 0.256. The van der Waals surface area contributed by atoms with Crippen molar-refractivity contribution in [1.29, 1.82) is 0 Å². The molecule has 136 valence electrons. The molecule has 0 unspecified atom stereocenters. The first-order valence-electron chi connectivity index (χ1n) is 9.27. The minimum Gasteiger partial charge on any atom is -0.244 e. The van der Waals surface area contributed by atoms with Crippen molar-refractivity contribution in [3.8, 4) is 21.8 Å². The van der Waals surface area contributed by atoms with Crippen molar-refractivity contribution in [1.82, 2.24) is 9.97 Å². The summed E-state index contributed by atoms with van der Waals surface area (Å²) in [6, 6.07) is 23.1. The molecule has 28 heavy (non-hydrogen) atoms. The molecule has 0 N–H and O–H groups in total. The summed E-state index contributed by atoms with van der Waals surface area (Å²) < 4.78 is 14.7. The molecule has 0 spiro atoms. The van der Waals surface area contributed by atoms with Gasteiger partial charge in [-0.25, -0.2) is 14.4 Å². The standard InChI is InChI=1S/C24H17FN2S/c1-2-15-7-12-19-20(13-15)27-24(22-14-17-5-3-4-6-21(17)28-22)23(26-19)16-8-10-18(25)11-9-16/h3-14H,2H2,1H3. The van der Waals surface area contributed by atoms with Crippen LogP contribution < -0.4 is 0 Å². The number of aromatic nitrogens is 2. The van der Waals surface area contributed by atoms with Crippen molar-refractivity contribution in [3.05, 3.63) is 84.2 Å². The third-order valence-electron chi connectivity index (χ3n) is 4.91. The predicted molar refractivity (Wildman–Crippen MR) is 115 cm³/mol. The van der Waals surface area contributed by atoms with E-state index in [4.69, 9.17) is 9.97 Å². The van der Waals surface area contributed by atoms with Crippen LogP contribution >= 0.6 is 11.3 Å². The molecule has 0 aliphatic rings. The van der Waals surface area contributed by atoms with Gasteiger partial charge in [0.25, 0.3) is 0 Å². The van der Waals surface area contributed by atoms with Gasteiger partial charge in [-0.05, 0) is 65.9 Å². The Bertz CT molecular complexity index is 1270. The van der Waals surface area contributed by atoms with Gasteiger partial charge in [0.2, 0.25) is 0 Å². The van der Waals surface area contributed by atoms with Crippen molar-refractivity contribution in [2.45, 2.75) is 13.3 Å². The molecule has 0 saturated heterocycles. The highest BCUT2D eigenvalue weighted by atomic mass is 32.1. The van der Waals surface area contributed by atoms with Crippen molar-refractivity contribution in [2.24, 2.45) is 0 Å². The van der Waals surface area contributed by atoms with Gasteiger partial charge in [-0.15, -0.1) is 11.3 Å². The zero-order valence-corrected chi connectivity index (χ0v) is 16.1. The number of fused-ring (bicyclic) bond motifs is 2. The van der Waals surface area contributed by atoms with Gasteiger partial charge in [0, 0.05) is 10.3 Å². The minimum atomic E-state index is -0.256. The van der Waals surface area contributed by atoms with Crippen molar-refractivity contribution >= 4 is 32.5 Å². The Morgan fingerprint density at radius 2 is 1.61 bits per heavy atom. The second kappa shape index (κ2) is 6.80. The smallest absolute Gasteiger partial charge is 0.123 e. The van der Waals surface area contributed by atoms with Crippen LogP contribution in [0.15, 0.2) is 72.8 Å². The van der Waals surface area contributed by atoms with Gasteiger partial charge in [0.15, 0.2) is 0 Å². The third-order valence-corrected chi connectivity index (χ3v) is 6.04. The van der Waals surface area contributed by atoms with E-state index in [0.29, 0.717) is 0 Å². The molecule has 3 aromatic carbocycles. The van der Waals surface area contributed by atoms with Crippen molar-refractivity contribution in [2.75, 3.05) is 0 Å². The van der Waals surface area contributed by atoms with E-state index in [9.17, 15) is 4.39 Å². The fraction of sp³-hybridized carbons (Fsp3) is 0.0833. The van der Waals surface area contributed by atoms with Crippen LogP contribution in [0, 0.1) is 5.82 Å². The second-order valence-corrected chi connectivity index (χ2v) is 7.84. The molecule has 0 fully saturated rings. The SMILES string of the molecule is CCc1ccc2nc(-c3ccc(F)cc3)c(-c3cc4ccccc4s3)nc2c1. The molecule has 0 atom stereocenters. The van der Waals surface area contributed by atoms with Crippen molar-refractivity contribution < 1.29 is 4.39 Å². The first-order chi connectivity index (χ1) is 13.7. The van der Waals surface area contributed by atoms with Crippen LogP contribution in [0.5, 0.6) is 0 Å². The molecule has 0 aliphatic carbocycles. The summed E-state index contributed by atoms with van der Waals surface area (Å²) in [4.78, 5) is 11.0. The van der Waals surface area contributed by atoms with Gasteiger partial charge in [-0.2, -0.15) is 0 Å². The molecule has 5 rings (SSSR count). The largest absolute Gasteiger partial charge is 0.244 e. The average molecular weight is 384 g/mol. The molecule has 4 heteroatoms. The number of rotatable bonds is 3. The Labute approximate surface area is 166 Å². The van der Waals surface area contributed by atoms with Crippen LogP contribution in [0.4, 0.5) is 4.39 Å². The number of nitrogens with zero attached hydrogens (tertiary/aromatic N) is 2. The molecule has 0 saturated carbocycles. The summed E-state index contributed by atoms with van der Waals surface area (Å²) in [7, 11) is 0. The van der Waals surface area contributed by atoms with E-state index >= 15 is 0 Å². The fourth-order valence-electron chi connectivity index (χ4n) is 3.40. The van der Waals surface area contributed by atoms with E-state index in [-0.39, 0.29) is 5.82 Å². The van der Waals surface area contributed by atoms with Crippen LogP contribution in [0.3, 0.4) is 0 Å². The lowest BCUT2D eigenvalue weighted by Crippen LogP contribution is -1.95. The normalized spacial score (nSPS) is 11.4. The lowest BCUT2D eigenvalue weighted by molar-refractivity contribution is 0.628. The van der Waals surface area contributed by atoms with Crippen LogP contribution in [0.1, 0.15) is 12.5 Å². The predicted octanol–water partition coefficient (Wildman–Crippen LogP) is 6.88. The lowest BCUT2D eigenvalue weighted by Gasteiger charge is -2.10. The summed E-state index contributed by atoms with van der Waals surface area (Å²) in [6.07, 6.45) is 0.954. The Kier molecular flexibility index (Phi) is 4.14. The Balaban J connectivity index is 1.80. The topological polar surface area (TPSA) is 25.8 Å².